The van der Waals surface area contributed by atoms with Crippen LogP contribution in [0.5, 0.6) is 0 Å². The molecule has 0 bridgehead atoms. The molecule has 0 aliphatic carbocycles. The van der Waals surface area contributed by atoms with Gasteiger partial charge in [-0.15, -0.1) is 0 Å². The van der Waals surface area contributed by atoms with E-state index in [0.29, 0.717) is 16.3 Å². The van der Waals surface area contributed by atoms with Crippen LogP contribution in [0.3, 0.4) is 0 Å². The average Bonchev–Trinajstić information content (AvgIpc) is 2.31. The summed E-state index contributed by atoms with van der Waals surface area (Å²) < 4.78 is 27.1. The average molecular weight is 268 g/mol. The molecule has 0 unspecified atom stereocenters. The van der Waals surface area contributed by atoms with E-state index < -0.39 is 5.82 Å². The third-order valence-corrected chi connectivity index (χ3v) is 3.00. The maximum absolute atomic E-state index is 13.6. The summed E-state index contributed by atoms with van der Waals surface area (Å²) in [5.74, 6) is -0.759. The van der Waals surface area contributed by atoms with E-state index in [0.717, 1.165) is 5.56 Å². The predicted octanol–water partition coefficient (Wildman–Crippen LogP) is 4.54. The first-order chi connectivity index (χ1) is 8.58. The normalized spacial score (nSPS) is 10.4. The monoisotopic (exact) mass is 267 g/mol. The van der Waals surface area contributed by atoms with Crippen LogP contribution in [-0.4, -0.2) is 0 Å². The molecule has 0 aliphatic rings. The van der Waals surface area contributed by atoms with Crippen LogP contribution < -0.4 is 5.32 Å². The highest BCUT2D eigenvalue weighted by molar-refractivity contribution is 6.31. The molecule has 0 fully saturated rings. The van der Waals surface area contributed by atoms with Crippen LogP contribution in [0.4, 0.5) is 14.5 Å². The summed E-state index contributed by atoms with van der Waals surface area (Å²) in [6.07, 6.45) is 0. The molecule has 0 amide bonds. The Balaban J connectivity index is 2.16. The Bertz CT molecular complexity index is 549. The highest BCUT2D eigenvalue weighted by Gasteiger charge is 2.08. The van der Waals surface area contributed by atoms with Crippen LogP contribution >= 0.6 is 11.6 Å². The van der Waals surface area contributed by atoms with Gasteiger partial charge in [0.2, 0.25) is 0 Å². The number of rotatable bonds is 3. The number of anilines is 1. The SMILES string of the molecule is Cc1ccc(NCc2c(F)cccc2Cl)c(F)c1. The van der Waals surface area contributed by atoms with Crippen LogP contribution in [0.25, 0.3) is 0 Å². The van der Waals surface area contributed by atoms with Crippen molar-refractivity contribution in [3.63, 3.8) is 0 Å². The minimum atomic E-state index is -0.400. The molecule has 2 aromatic carbocycles. The summed E-state index contributed by atoms with van der Waals surface area (Å²) >= 11 is 5.89. The summed E-state index contributed by atoms with van der Waals surface area (Å²) in [6.45, 7) is 1.95. The first-order valence-corrected chi connectivity index (χ1v) is 5.88. The van der Waals surface area contributed by atoms with Gasteiger partial charge in [0.1, 0.15) is 11.6 Å². The predicted molar refractivity (Wildman–Crippen MR) is 69.9 cm³/mol. The van der Waals surface area contributed by atoms with Gasteiger partial charge in [0.15, 0.2) is 0 Å². The number of aryl methyl sites for hydroxylation is 1. The summed E-state index contributed by atoms with van der Waals surface area (Å²) in [6, 6.07) is 9.30. The molecule has 0 aliphatic heterocycles. The lowest BCUT2D eigenvalue weighted by Gasteiger charge is -2.10. The first-order valence-electron chi connectivity index (χ1n) is 5.51. The van der Waals surface area contributed by atoms with Gasteiger partial charge in [-0.1, -0.05) is 23.7 Å². The van der Waals surface area contributed by atoms with Crippen LogP contribution in [0.2, 0.25) is 5.02 Å². The maximum Gasteiger partial charge on any atom is 0.146 e. The summed E-state index contributed by atoms with van der Waals surface area (Å²) in [4.78, 5) is 0. The lowest BCUT2D eigenvalue weighted by Crippen LogP contribution is -2.04. The van der Waals surface area contributed by atoms with Crippen LogP contribution in [0.1, 0.15) is 11.1 Å². The quantitative estimate of drug-likeness (QED) is 0.861. The van der Waals surface area contributed by atoms with Crippen molar-refractivity contribution < 1.29 is 8.78 Å². The van der Waals surface area contributed by atoms with Crippen LogP contribution in [0, 0.1) is 18.6 Å². The molecule has 2 aromatic rings. The Hall–Kier alpha value is -1.61. The minimum absolute atomic E-state index is 0.144. The fourth-order valence-corrected chi connectivity index (χ4v) is 1.88. The molecule has 0 aromatic heterocycles. The van der Waals surface area contributed by atoms with Crippen LogP contribution in [0.15, 0.2) is 36.4 Å². The number of hydrogen-bond acceptors (Lipinski definition) is 1. The Kier molecular flexibility index (Phi) is 3.82. The molecule has 0 spiro atoms. The van der Waals surface area contributed by atoms with E-state index in [4.69, 9.17) is 11.6 Å². The lowest BCUT2D eigenvalue weighted by atomic mass is 10.2. The van der Waals surface area contributed by atoms with Gasteiger partial charge in [-0.2, -0.15) is 0 Å². The Labute approximate surface area is 109 Å². The third-order valence-electron chi connectivity index (χ3n) is 2.64. The molecule has 94 valence electrons. The molecule has 1 N–H and O–H groups in total. The van der Waals surface area contributed by atoms with Gasteiger partial charge >= 0.3 is 0 Å². The van der Waals surface area contributed by atoms with Gasteiger partial charge < -0.3 is 5.32 Å². The maximum atomic E-state index is 13.6. The van der Waals surface area contributed by atoms with E-state index in [9.17, 15) is 8.78 Å². The Morgan fingerprint density at radius 1 is 1.11 bits per heavy atom. The molecule has 0 heterocycles. The third kappa shape index (κ3) is 2.79. The van der Waals surface area contributed by atoms with Crippen molar-refractivity contribution in [2.24, 2.45) is 0 Å². The molecule has 2 rings (SSSR count). The molecule has 0 radical (unpaired) electrons. The van der Waals surface area contributed by atoms with Gasteiger partial charge in [-0.25, -0.2) is 8.78 Å². The summed E-state index contributed by atoms with van der Waals surface area (Å²) in [7, 11) is 0. The molecule has 1 nitrogen and oxygen atoms in total. The van der Waals surface area contributed by atoms with E-state index in [1.54, 1.807) is 25.1 Å². The smallest absolute Gasteiger partial charge is 0.146 e. The van der Waals surface area contributed by atoms with Crippen molar-refractivity contribution in [3.05, 3.63) is 64.2 Å². The molecular weight excluding hydrogens is 256 g/mol. The largest absolute Gasteiger partial charge is 0.378 e. The van der Waals surface area contributed by atoms with Gasteiger partial charge in [-0.05, 0) is 36.8 Å². The van der Waals surface area contributed by atoms with E-state index in [1.165, 1.54) is 18.2 Å². The molecule has 0 saturated carbocycles. The molecule has 0 saturated heterocycles. The fraction of sp³-hybridized carbons (Fsp3) is 0.143. The highest BCUT2D eigenvalue weighted by Crippen LogP contribution is 2.21. The van der Waals surface area contributed by atoms with Crippen molar-refractivity contribution in [1.29, 1.82) is 0 Å². The summed E-state index contributed by atoms with van der Waals surface area (Å²) in [5, 5.41) is 3.17. The minimum Gasteiger partial charge on any atom is -0.378 e. The number of nitrogens with one attached hydrogen (secondary N) is 1. The van der Waals surface area contributed by atoms with Crippen LogP contribution in [-0.2, 0) is 6.54 Å². The van der Waals surface area contributed by atoms with Crippen molar-refractivity contribution >= 4 is 17.3 Å². The lowest BCUT2D eigenvalue weighted by molar-refractivity contribution is 0.610. The van der Waals surface area contributed by atoms with Crippen molar-refractivity contribution in [2.45, 2.75) is 13.5 Å². The molecule has 18 heavy (non-hydrogen) atoms. The second-order valence-corrected chi connectivity index (χ2v) is 4.44. The van der Waals surface area contributed by atoms with Crippen molar-refractivity contribution in [1.82, 2.24) is 0 Å². The van der Waals surface area contributed by atoms with Gasteiger partial charge in [0, 0.05) is 17.1 Å². The molecule has 0 atom stereocenters. The Morgan fingerprint density at radius 3 is 2.56 bits per heavy atom. The van der Waals surface area contributed by atoms with Gasteiger partial charge in [-0.3, -0.25) is 0 Å². The van der Waals surface area contributed by atoms with E-state index in [1.807, 2.05) is 0 Å². The van der Waals surface area contributed by atoms with Gasteiger partial charge in [0.25, 0.3) is 0 Å². The van der Waals surface area contributed by atoms with Crippen molar-refractivity contribution in [3.8, 4) is 0 Å². The standard InChI is InChI=1S/C14H12ClF2N/c1-9-5-6-14(13(17)7-9)18-8-10-11(15)3-2-4-12(10)16/h2-7,18H,8H2,1H3. The summed E-state index contributed by atoms with van der Waals surface area (Å²) in [5.41, 5.74) is 1.50. The fourth-order valence-electron chi connectivity index (χ4n) is 1.65. The zero-order valence-electron chi connectivity index (χ0n) is 9.81. The number of benzene rings is 2. The zero-order valence-corrected chi connectivity index (χ0v) is 10.6. The van der Waals surface area contributed by atoms with E-state index in [2.05, 4.69) is 5.32 Å². The van der Waals surface area contributed by atoms with Crippen molar-refractivity contribution in [2.75, 3.05) is 5.32 Å². The number of hydrogen-bond donors (Lipinski definition) is 1. The van der Waals surface area contributed by atoms with E-state index in [-0.39, 0.29) is 12.4 Å². The first kappa shape index (κ1) is 12.8. The zero-order chi connectivity index (χ0) is 13.1. The molecule has 4 heteroatoms. The second-order valence-electron chi connectivity index (χ2n) is 4.04. The van der Waals surface area contributed by atoms with E-state index >= 15 is 0 Å². The van der Waals surface area contributed by atoms with Gasteiger partial charge in [0.05, 0.1) is 5.69 Å². The number of halogens is 3. The highest BCUT2D eigenvalue weighted by atomic mass is 35.5. The Morgan fingerprint density at radius 2 is 1.89 bits per heavy atom. The topological polar surface area (TPSA) is 12.0 Å². The second kappa shape index (κ2) is 5.36. The molecular formula is C14H12ClF2N.